The van der Waals surface area contributed by atoms with Crippen molar-refractivity contribution in [3.05, 3.63) is 86.3 Å². The average Bonchev–Trinajstić information content (AvgIpc) is 2.71. The van der Waals surface area contributed by atoms with E-state index in [9.17, 15) is 9.59 Å². The van der Waals surface area contributed by atoms with Gasteiger partial charge in [0.25, 0.3) is 5.91 Å². The summed E-state index contributed by atoms with van der Waals surface area (Å²) in [6, 6.07) is 16.8. The first-order chi connectivity index (χ1) is 15.2. The van der Waals surface area contributed by atoms with Crippen molar-refractivity contribution in [3.8, 4) is 0 Å². The Morgan fingerprint density at radius 3 is 2.22 bits per heavy atom. The molecule has 1 unspecified atom stereocenters. The van der Waals surface area contributed by atoms with Crippen LogP contribution in [0.2, 0.25) is 20.1 Å². The lowest BCUT2D eigenvalue weighted by molar-refractivity contribution is -0.115. The number of thioether (sulfide) groups is 1. The number of benzene rings is 3. The first-order valence-corrected chi connectivity index (χ1v) is 11.9. The molecule has 0 heterocycles. The molecule has 3 aromatic carbocycles. The third kappa shape index (κ3) is 6.80. The van der Waals surface area contributed by atoms with Crippen LogP contribution in [0, 0.1) is 0 Å². The lowest BCUT2D eigenvalue weighted by atomic mass is 10.2. The molecule has 2 N–H and O–H groups in total. The Hall–Kier alpha value is -1.89. The maximum atomic E-state index is 12.8. The van der Waals surface area contributed by atoms with Crippen LogP contribution in [0.5, 0.6) is 0 Å². The predicted octanol–water partition coefficient (Wildman–Crippen LogP) is 8.06. The molecule has 3 rings (SSSR count). The van der Waals surface area contributed by atoms with E-state index in [4.69, 9.17) is 46.4 Å². The predicted molar refractivity (Wildman–Crippen MR) is 136 cm³/mol. The molecule has 0 aliphatic heterocycles. The molecule has 32 heavy (non-hydrogen) atoms. The number of rotatable bonds is 7. The summed E-state index contributed by atoms with van der Waals surface area (Å²) < 4.78 is 0. The van der Waals surface area contributed by atoms with Crippen molar-refractivity contribution in [3.63, 3.8) is 0 Å². The smallest absolute Gasteiger partial charge is 0.257 e. The van der Waals surface area contributed by atoms with E-state index in [1.54, 1.807) is 42.5 Å². The van der Waals surface area contributed by atoms with E-state index in [1.807, 2.05) is 19.1 Å². The van der Waals surface area contributed by atoms with Crippen LogP contribution in [0.25, 0.3) is 0 Å². The van der Waals surface area contributed by atoms with Crippen molar-refractivity contribution >= 4 is 81.4 Å². The van der Waals surface area contributed by atoms with Crippen molar-refractivity contribution < 1.29 is 9.59 Å². The number of hydrogen-bond acceptors (Lipinski definition) is 3. The van der Waals surface area contributed by atoms with Crippen molar-refractivity contribution in [1.29, 1.82) is 0 Å². The highest BCUT2D eigenvalue weighted by Gasteiger charge is 2.19. The second kappa shape index (κ2) is 11.3. The molecule has 4 nitrogen and oxygen atoms in total. The highest BCUT2D eigenvalue weighted by molar-refractivity contribution is 8.00. The molecule has 0 fully saturated rings. The van der Waals surface area contributed by atoms with Gasteiger partial charge in [-0.05, 0) is 61.0 Å². The minimum absolute atomic E-state index is 0.168. The SMILES string of the molecule is CCC(Sc1cccc(NC(=O)c2ccc(Cl)cc2Cl)c1)C(=O)Nc1cc(Cl)cc(Cl)c1. The van der Waals surface area contributed by atoms with E-state index in [0.717, 1.165) is 4.90 Å². The summed E-state index contributed by atoms with van der Waals surface area (Å²) in [5.74, 6) is -0.519. The number of nitrogens with one attached hydrogen (secondary N) is 2. The highest BCUT2D eigenvalue weighted by atomic mass is 35.5. The summed E-state index contributed by atoms with van der Waals surface area (Å²) in [4.78, 5) is 26.2. The Labute approximate surface area is 210 Å². The van der Waals surface area contributed by atoms with Gasteiger partial charge < -0.3 is 10.6 Å². The van der Waals surface area contributed by atoms with E-state index in [2.05, 4.69) is 10.6 Å². The van der Waals surface area contributed by atoms with Gasteiger partial charge in [0.15, 0.2) is 0 Å². The molecule has 0 spiro atoms. The number of hydrogen-bond donors (Lipinski definition) is 2. The highest BCUT2D eigenvalue weighted by Crippen LogP contribution is 2.30. The fraction of sp³-hybridized carbons (Fsp3) is 0.130. The normalized spacial score (nSPS) is 11.7. The second-order valence-corrected chi connectivity index (χ2v) is 9.76. The van der Waals surface area contributed by atoms with Crippen LogP contribution in [-0.2, 0) is 4.79 Å². The van der Waals surface area contributed by atoms with Gasteiger partial charge in [-0.15, -0.1) is 11.8 Å². The van der Waals surface area contributed by atoms with E-state index < -0.39 is 0 Å². The summed E-state index contributed by atoms with van der Waals surface area (Å²) in [5.41, 5.74) is 1.44. The number of carbonyl (C=O) groups is 2. The molecular formula is C23H18Cl4N2O2S. The molecule has 0 saturated carbocycles. The Kier molecular flexibility index (Phi) is 8.74. The van der Waals surface area contributed by atoms with Crippen LogP contribution >= 0.6 is 58.2 Å². The van der Waals surface area contributed by atoms with Crippen LogP contribution in [0.1, 0.15) is 23.7 Å². The van der Waals surface area contributed by atoms with Gasteiger partial charge in [0, 0.05) is 31.3 Å². The van der Waals surface area contributed by atoms with Gasteiger partial charge >= 0.3 is 0 Å². The Bertz CT molecular complexity index is 1140. The van der Waals surface area contributed by atoms with Gasteiger partial charge in [-0.1, -0.05) is 59.4 Å². The maximum Gasteiger partial charge on any atom is 0.257 e. The zero-order valence-electron chi connectivity index (χ0n) is 16.8. The van der Waals surface area contributed by atoms with Gasteiger partial charge in [0.2, 0.25) is 5.91 Å². The summed E-state index contributed by atoms with van der Waals surface area (Å²) in [5, 5.41) is 6.92. The first-order valence-electron chi connectivity index (χ1n) is 9.55. The average molecular weight is 528 g/mol. The van der Waals surface area contributed by atoms with Crippen LogP contribution in [-0.4, -0.2) is 17.1 Å². The van der Waals surface area contributed by atoms with Crippen LogP contribution in [0.4, 0.5) is 11.4 Å². The molecule has 0 bridgehead atoms. The minimum atomic E-state index is -0.357. The Balaban J connectivity index is 1.69. The van der Waals surface area contributed by atoms with Gasteiger partial charge in [-0.25, -0.2) is 0 Å². The molecular weight excluding hydrogens is 510 g/mol. The van der Waals surface area contributed by atoms with Crippen LogP contribution in [0.3, 0.4) is 0 Å². The lowest BCUT2D eigenvalue weighted by Gasteiger charge is -2.16. The maximum absolute atomic E-state index is 12.8. The quantitative estimate of drug-likeness (QED) is 0.305. The molecule has 3 aromatic rings. The fourth-order valence-corrected chi connectivity index (χ4v) is 4.89. The molecule has 2 amide bonds. The largest absolute Gasteiger partial charge is 0.325 e. The molecule has 0 aliphatic carbocycles. The molecule has 1 atom stereocenters. The number of halogens is 4. The minimum Gasteiger partial charge on any atom is -0.325 e. The Morgan fingerprint density at radius 1 is 0.844 bits per heavy atom. The zero-order chi connectivity index (χ0) is 23.3. The molecule has 166 valence electrons. The van der Waals surface area contributed by atoms with E-state index in [1.165, 1.54) is 17.8 Å². The summed E-state index contributed by atoms with van der Waals surface area (Å²) in [7, 11) is 0. The Morgan fingerprint density at radius 2 is 1.56 bits per heavy atom. The number of carbonyl (C=O) groups excluding carboxylic acids is 2. The number of anilines is 2. The first kappa shape index (κ1) is 24.7. The molecule has 9 heteroatoms. The van der Waals surface area contributed by atoms with Gasteiger partial charge in [-0.2, -0.15) is 0 Å². The zero-order valence-corrected chi connectivity index (χ0v) is 20.6. The molecule has 0 aromatic heterocycles. The van der Waals surface area contributed by atoms with Crippen molar-refractivity contribution in [1.82, 2.24) is 0 Å². The summed E-state index contributed by atoms with van der Waals surface area (Å²) >= 11 is 25.4. The number of amides is 2. The van der Waals surface area contributed by atoms with Gasteiger partial charge in [0.1, 0.15) is 0 Å². The van der Waals surface area contributed by atoms with E-state index >= 15 is 0 Å². The second-order valence-electron chi connectivity index (χ2n) is 6.77. The fourth-order valence-electron chi connectivity index (χ4n) is 2.85. The van der Waals surface area contributed by atoms with E-state index in [-0.39, 0.29) is 22.1 Å². The van der Waals surface area contributed by atoms with Crippen molar-refractivity contribution in [2.75, 3.05) is 10.6 Å². The topological polar surface area (TPSA) is 58.2 Å². The third-order valence-corrected chi connectivity index (χ3v) is 6.68. The monoisotopic (exact) mass is 526 g/mol. The van der Waals surface area contributed by atoms with Crippen LogP contribution in [0.15, 0.2) is 65.6 Å². The van der Waals surface area contributed by atoms with Gasteiger partial charge in [-0.3, -0.25) is 9.59 Å². The molecule has 0 saturated heterocycles. The molecule has 0 aliphatic rings. The lowest BCUT2D eigenvalue weighted by Crippen LogP contribution is -2.24. The van der Waals surface area contributed by atoms with Crippen molar-refractivity contribution in [2.24, 2.45) is 0 Å². The van der Waals surface area contributed by atoms with E-state index in [0.29, 0.717) is 38.4 Å². The van der Waals surface area contributed by atoms with Crippen molar-refractivity contribution in [2.45, 2.75) is 23.5 Å². The third-order valence-electron chi connectivity index (χ3n) is 4.34. The summed E-state index contributed by atoms with van der Waals surface area (Å²) in [6.45, 7) is 1.93. The summed E-state index contributed by atoms with van der Waals surface area (Å²) in [6.07, 6.45) is 0.599. The van der Waals surface area contributed by atoms with Gasteiger partial charge in [0.05, 0.1) is 15.8 Å². The molecule has 0 radical (unpaired) electrons. The standard InChI is InChI=1S/C23H18Cl4N2O2S/c1-2-21(23(31)29-17-9-14(25)8-15(26)10-17)32-18-5-3-4-16(12-18)28-22(30)19-7-6-13(24)11-20(19)27/h3-12,21H,2H2,1H3,(H,28,30)(H,29,31). The van der Waals surface area contributed by atoms with Crippen LogP contribution < -0.4 is 10.6 Å².